The summed E-state index contributed by atoms with van der Waals surface area (Å²) in [5, 5.41) is 0. The van der Waals surface area contributed by atoms with E-state index in [1.54, 1.807) is 0 Å². The molecule has 2 rings (SSSR count). The van der Waals surface area contributed by atoms with Gasteiger partial charge in [-0.05, 0) is 63.7 Å². The number of aromatic nitrogens is 2. The molecule has 0 radical (unpaired) electrons. The van der Waals surface area contributed by atoms with Crippen molar-refractivity contribution < 1.29 is 0 Å². The summed E-state index contributed by atoms with van der Waals surface area (Å²) >= 11 is 15.0. The molecule has 1 heterocycles. The smallest absolute Gasteiger partial charge is 0.121 e. The van der Waals surface area contributed by atoms with Crippen molar-refractivity contribution in [2.75, 3.05) is 0 Å². The highest BCUT2D eigenvalue weighted by atomic mass is 79.9. The maximum Gasteiger partial charge on any atom is 0.121 e. The number of benzene rings is 1. The van der Waals surface area contributed by atoms with Crippen LogP contribution in [0.5, 0.6) is 0 Å². The minimum Gasteiger partial charge on any atom is -0.172 e. The zero-order chi connectivity index (χ0) is 9.59. The fourth-order valence-corrected chi connectivity index (χ4v) is 3.93. The SMILES string of the molecule is Brc1c(Br)c(Br)c2nsnc2c1Br. The van der Waals surface area contributed by atoms with Crippen molar-refractivity contribution in [2.45, 2.75) is 0 Å². The van der Waals surface area contributed by atoms with E-state index in [1.165, 1.54) is 11.7 Å². The molecule has 0 saturated carbocycles. The second-order valence-electron chi connectivity index (χ2n) is 2.22. The Morgan fingerprint density at radius 3 is 1.46 bits per heavy atom. The molecular formula is C6Br4N2S. The van der Waals surface area contributed by atoms with Crippen LogP contribution in [0.15, 0.2) is 17.9 Å². The molecule has 2 aromatic rings. The molecule has 0 N–H and O–H groups in total. The molecule has 0 fully saturated rings. The van der Waals surface area contributed by atoms with Gasteiger partial charge in [0.1, 0.15) is 11.0 Å². The fraction of sp³-hybridized carbons (Fsp3) is 0. The third-order valence-corrected chi connectivity index (χ3v) is 6.74. The third kappa shape index (κ3) is 1.62. The highest BCUT2D eigenvalue weighted by Gasteiger charge is 2.15. The van der Waals surface area contributed by atoms with Gasteiger partial charge < -0.3 is 0 Å². The lowest BCUT2D eigenvalue weighted by Crippen LogP contribution is -1.80. The summed E-state index contributed by atoms with van der Waals surface area (Å²) in [5.41, 5.74) is 1.74. The molecule has 0 spiro atoms. The van der Waals surface area contributed by atoms with Crippen molar-refractivity contribution in [1.82, 2.24) is 8.75 Å². The van der Waals surface area contributed by atoms with Gasteiger partial charge in [-0.15, -0.1) is 0 Å². The standard InChI is InChI=1S/C6Br4N2S/c7-1-2(8)4(10)6-5(3(1)9)11-13-12-6. The van der Waals surface area contributed by atoms with Crippen molar-refractivity contribution in [3.8, 4) is 0 Å². The van der Waals surface area contributed by atoms with Gasteiger partial charge in [0.15, 0.2) is 0 Å². The Balaban J connectivity index is 3.02. The minimum absolute atomic E-state index is 0.868. The van der Waals surface area contributed by atoms with Gasteiger partial charge in [0, 0.05) is 8.95 Å². The van der Waals surface area contributed by atoms with Crippen LogP contribution >= 0.6 is 75.4 Å². The second-order valence-corrected chi connectivity index (χ2v) is 5.92. The van der Waals surface area contributed by atoms with Crippen LogP contribution in [-0.4, -0.2) is 8.75 Å². The van der Waals surface area contributed by atoms with Crippen molar-refractivity contribution in [2.24, 2.45) is 0 Å². The highest BCUT2D eigenvalue weighted by molar-refractivity contribution is 9.15. The molecule has 1 aromatic heterocycles. The first kappa shape index (κ1) is 10.5. The van der Waals surface area contributed by atoms with Crippen LogP contribution in [0.2, 0.25) is 0 Å². The average Bonchev–Trinajstić information content (AvgIpc) is 2.59. The topological polar surface area (TPSA) is 25.8 Å². The van der Waals surface area contributed by atoms with Gasteiger partial charge in [-0.1, -0.05) is 0 Å². The molecule has 1 aromatic carbocycles. The molecule has 0 aliphatic carbocycles. The molecule has 2 nitrogen and oxygen atoms in total. The van der Waals surface area contributed by atoms with E-state index in [4.69, 9.17) is 0 Å². The first-order chi connectivity index (χ1) is 6.13. The third-order valence-electron chi connectivity index (χ3n) is 1.48. The molecule has 0 aliphatic heterocycles. The number of hydrogen-bond acceptors (Lipinski definition) is 3. The summed E-state index contributed by atoms with van der Waals surface area (Å²) in [7, 11) is 0. The lowest BCUT2D eigenvalue weighted by atomic mass is 10.3. The van der Waals surface area contributed by atoms with E-state index in [9.17, 15) is 0 Å². The van der Waals surface area contributed by atoms with E-state index < -0.39 is 0 Å². The summed E-state index contributed by atoms with van der Waals surface area (Å²) in [6.07, 6.45) is 0. The van der Waals surface area contributed by atoms with E-state index in [1.807, 2.05) is 0 Å². The lowest BCUT2D eigenvalue weighted by molar-refractivity contribution is 1.50. The first-order valence-electron chi connectivity index (χ1n) is 3.07. The Labute approximate surface area is 112 Å². The summed E-state index contributed by atoms with van der Waals surface area (Å²) in [4.78, 5) is 0. The Kier molecular flexibility index (Phi) is 3.10. The zero-order valence-electron chi connectivity index (χ0n) is 5.81. The number of halogens is 4. The Hall–Kier alpha value is 0.960. The molecule has 0 unspecified atom stereocenters. The minimum atomic E-state index is 0.868. The Morgan fingerprint density at radius 1 is 0.692 bits per heavy atom. The summed E-state index contributed by atoms with van der Waals surface area (Å²) < 4.78 is 12.1. The maximum absolute atomic E-state index is 4.18. The molecule has 0 atom stereocenters. The molecule has 68 valence electrons. The largest absolute Gasteiger partial charge is 0.172 e. The number of rotatable bonds is 0. The lowest BCUT2D eigenvalue weighted by Gasteiger charge is -2.02. The average molecular weight is 452 g/mol. The normalized spacial score (nSPS) is 11.1. The number of hydrogen-bond donors (Lipinski definition) is 0. The number of nitrogens with zero attached hydrogens (tertiary/aromatic N) is 2. The quantitative estimate of drug-likeness (QED) is 0.427. The van der Waals surface area contributed by atoms with E-state index in [-0.39, 0.29) is 0 Å². The van der Waals surface area contributed by atoms with Crippen molar-refractivity contribution in [3.63, 3.8) is 0 Å². The van der Waals surface area contributed by atoms with Crippen molar-refractivity contribution in [3.05, 3.63) is 17.9 Å². The monoisotopic (exact) mass is 448 g/mol. The van der Waals surface area contributed by atoms with Crippen LogP contribution < -0.4 is 0 Å². The van der Waals surface area contributed by atoms with Crippen molar-refractivity contribution in [1.29, 1.82) is 0 Å². The fourth-order valence-electron chi connectivity index (χ4n) is 0.877. The predicted molar refractivity (Wildman–Crippen MR) is 68.2 cm³/mol. The first-order valence-corrected chi connectivity index (χ1v) is 6.97. The van der Waals surface area contributed by atoms with Crippen LogP contribution in [0, 0.1) is 0 Å². The van der Waals surface area contributed by atoms with E-state index in [2.05, 4.69) is 72.5 Å². The van der Waals surface area contributed by atoms with Gasteiger partial charge in [-0.2, -0.15) is 8.75 Å². The van der Waals surface area contributed by atoms with Crippen LogP contribution in [0.1, 0.15) is 0 Å². The van der Waals surface area contributed by atoms with Gasteiger partial charge in [0.25, 0.3) is 0 Å². The molecule has 7 heteroatoms. The van der Waals surface area contributed by atoms with Crippen LogP contribution in [0.3, 0.4) is 0 Å². The maximum atomic E-state index is 4.18. The molecular weight excluding hydrogens is 452 g/mol. The van der Waals surface area contributed by atoms with E-state index in [0.717, 1.165) is 28.9 Å². The zero-order valence-corrected chi connectivity index (χ0v) is 13.0. The van der Waals surface area contributed by atoms with Gasteiger partial charge in [-0.3, -0.25) is 0 Å². The van der Waals surface area contributed by atoms with E-state index in [0.29, 0.717) is 0 Å². The molecule has 0 aliphatic rings. The second kappa shape index (κ2) is 3.84. The van der Waals surface area contributed by atoms with E-state index >= 15 is 0 Å². The Bertz CT molecular complexity index is 439. The van der Waals surface area contributed by atoms with Gasteiger partial charge in [0.05, 0.1) is 20.7 Å². The van der Waals surface area contributed by atoms with Gasteiger partial charge in [-0.25, -0.2) is 0 Å². The summed E-state index contributed by atoms with van der Waals surface area (Å²) in [5.74, 6) is 0. The Morgan fingerprint density at radius 2 is 1.08 bits per heavy atom. The van der Waals surface area contributed by atoms with Gasteiger partial charge >= 0.3 is 0 Å². The summed E-state index contributed by atoms with van der Waals surface area (Å²) in [6, 6.07) is 0. The number of fused-ring (bicyclic) bond motifs is 1. The molecule has 0 bridgehead atoms. The molecule has 0 saturated heterocycles. The van der Waals surface area contributed by atoms with Crippen LogP contribution in [0.4, 0.5) is 0 Å². The van der Waals surface area contributed by atoms with Crippen LogP contribution in [0.25, 0.3) is 11.0 Å². The molecule has 13 heavy (non-hydrogen) atoms. The predicted octanol–water partition coefficient (Wildman–Crippen LogP) is 4.74. The van der Waals surface area contributed by atoms with Crippen molar-refractivity contribution >= 4 is 86.5 Å². The molecule has 0 amide bonds. The van der Waals surface area contributed by atoms with Crippen LogP contribution in [-0.2, 0) is 0 Å². The summed E-state index contributed by atoms with van der Waals surface area (Å²) in [6.45, 7) is 0. The van der Waals surface area contributed by atoms with Gasteiger partial charge in [0.2, 0.25) is 0 Å². The highest BCUT2D eigenvalue weighted by Crippen LogP contribution is 2.42.